The van der Waals surface area contributed by atoms with Gasteiger partial charge < -0.3 is 10.0 Å². The summed E-state index contributed by atoms with van der Waals surface area (Å²) in [6.07, 6.45) is 1.28. The van der Waals surface area contributed by atoms with Crippen LogP contribution in [0.15, 0.2) is 0 Å². The van der Waals surface area contributed by atoms with E-state index < -0.39 is 5.54 Å². The van der Waals surface area contributed by atoms with Gasteiger partial charge in [0.1, 0.15) is 5.54 Å². The first-order valence-corrected chi connectivity index (χ1v) is 7.31. The SMILES string of the molecule is CC(C)N1C(=O)N(C)C2(CCN([C@H](C)CO)CC2)C1=O. The van der Waals surface area contributed by atoms with E-state index in [4.69, 9.17) is 0 Å². The highest BCUT2D eigenvalue weighted by Gasteiger charge is 2.57. The number of imide groups is 1. The van der Waals surface area contributed by atoms with Crippen LogP contribution in [0.5, 0.6) is 0 Å². The number of likely N-dealkylation sites (tertiary alicyclic amines) is 1. The number of aliphatic hydroxyl groups is 1. The third-order valence-electron chi connectivity index (χ3n) is 4.78. The van der Waals surface area contributed by atoms with E-state index in [1.165, 1.54) is 4.90 Å². The van der Waals surface area contributed by atoms with Crippen molar-refractivity contribution >= 4 is 11.9 Å². The highest BCUT2D eigenvalue weighted by atomic mass is 16.3. The average molecular weight is 283 g/mol. The molecule has 0 saturated carbocycles. The molecule has 20 heavy (non-hydrogen) atoms. The molecule has 0 aromatic heterocycles. The summed E-state index contributed by atoms with van der Waals surface area (Å²) in [4.78, 5) is 30.1. The number of likely N-dealkylation sites (N-methyl/N-ethyl adjacent to an activating group) is 1. The van der Waals surface area contributed by atoms with Gasteiger partial charge in [-0.1, -0.05) is 0 Å². The number of aliphatic hydroxyl groups excluding tert-OH is 1. The fourth-order valence-electron chi connectivity index (χ4n) is 3.25. The molecule has 1 N–H and O–H groups in total. The Morgan fingerprint density at radius 3 is 2.15 bits per heavy atom. The van der Waals surface area contributed by atoms with Gasteiger partial charge in [-0.3, -0.25) is 14.6 Å². The quantitative estimate of drug-likeness (QED) is 0.766. The Morgan fingerprint density at radius 1 is 1.20 bits per heavy atom. The molecule has 2 aliphatic rings. The molecule has 0 radical (unpaired) electrons. The molecule has 2 aliphatic heterocycles. The van der Waals surface area contributed by atoms with Crippen molar-refractivity contribution in [3.8, 4) is 0 Å². The molecule has 0 aromatic rings. The first kappa shape index (κ1) is 15.3. The molecule has 0 bridgehead atoms. The van der Waals surface area contributed by atoms with Gasteiger partial charge >= 0.3 is 6.03 Å². The summed E-state index contributed by atoms with van der Waals surface area (Å²) in [5, 5.41) is 9.22. The number of hydrogen-bond acceptors (Lipinski definition) is 4. The summed E-state index contributed by atoms with van der Waals surface area (Å²) in [7, 11) is 1.73. The molecule has 0 unspecified atom stereocenters. The number of urea groups is 1. The maximum absolute atomic E-state index is 12.7. The Hall–Kier alpha value is -1.14. The van der Waals surface area contributed by atoms with E-state index in [-0.39, 0.29) is 30.6 Å². The van der Waals surface area contributed by atoms with Crippen LogP contribution in [0.25, 0.3) is 0 Å². The van der Waals surface area contributed by atoms with Crippen LogP contribution >= 0.6 is 0 Å². The van der Waals surface area contributed by atoms with Gasteiger partial charge in [-0.25, -0.2) is 4.79 Å². The van der Waals surface area contributed by atoms with Crippen molar-refractivity contribution in [2.24, 2.45) is 0 Å². The van der Waals surface area contributed by atoms with Crippen molar-refractivity contribution in [1.29, 1.82) is 0 Å². The van der Waals surface area contributed by atoms with E-state index in [0.29, 0.717) is 12.8 Å². The highest BCUT2D eigenvalue weighted by Crippen LogP contribution is 2.37. The van der Waals surface area contributed by atoms with Crippen LogP contribution in [0.1, 0.15) is 33.6 Å². The van der Waals surface area contributed by atoms with Crippen LogP contribution in [-0.2, 0) is 4.79 Å². The fourth-order valence-corrected chi connectivity index (χ4v) is 3.25. The summed E-state index contributed by atoms with van der Waals surface area (Å²) in [5.74, 6) is -0.0590. The summed E-state index contributed by atoms with van der Waals surface area (Å²) in [6, 6.07) is -0.189. The standard InChI is InChI=1S/C14H25N3O3/c1-10(2)17-12(19)14(15(4)13(17)20)5-7-16(8-6-14)11(3)9-18/h10-11,18H,5-9H2,1-4H3/t11-/m1/s1. The number of carbonyl (C=O) groups is 2. The van der Waals surface area contributed by atoms with Gasteiger partial charge in [0.25, 0.3) is 5.91 Å². The molecular weight excluding hydrogens is 258 g/mol. The topological polar surface area (TPSA) is 64.1 Å². The largest absolute Gasteiger partial charge is 0.395 e. The third-order valence-corrected chi connectivity index (χ3v) is 4.78. The Bertz CT molecular complexity index is 402. The van der Waals surface area contributed by atoms with Gasteiger partial charge in [0, 0.05) is 32.2 Å². The van der Waals surface area contributed by atoms with Crippen LogP contribution in [-0.4, -0.2) is 76.1 Å². The van der Waals surface area contributed by atoms with Crippen molar-refractivity contribution in [3.05, 3.63) is 0 Å². The highest BCUT2D eigenvalue weighted by molar-refractivity contribution is 6.07. The van der Waals surface area contributed by atoms with Gasteiger partial charge in [0.2, 0.25) is 0 Å². The summed E-state index contributed by atoms with van der Waals surface area (Å²) in [6.45, 7) is 7.29. The summed E-state index contributed by atoms with van der Waals surface area (Å²) in [5.41, 5.74) is -0.674. The van der Waals surface area contributed by atoms with E-state index in [2.05, 4.69) is 4.90 Å². The van der Waals surface area contributed by atoms with Crippen LogP contribution in [0.2, 0.25) is 0 Å². The van der Waals surface area contributed by atoms with Crippen molar-refractivity contribution in [2.75, 3.05) is 26.7 Å². The monoisotopic (exact) mass is 283 g/mol. The number of piperidine rings is 1. The smallest absolute Gasteiger partial charge is 0.327 e. The minimum absolute atomic E-state index is 0.0590. The molecule has 2 fully saturated rings. The predicted molar refractivity (Wildman–Crippen MR) is 75.2 cm³/mol. The van der Waals surface area contributed by atoms with Crippen molar-refractivity contribution in [1.82, 2.24) is 14.7 Å². The number of hydrogen-bond donors (Lipinski definition) is 1. The predicted octanol–water partition coefficient (Wildman–Crippen LogP) is 0.504. The first-order valence-electron chi connectivity index (χ1n) is 7.31. The van der Waals surface area contributed by atoms with Gasteiger partial charge in [-0.15, -0.1) is 0 Å². The molecule has 1 atom stereocenters. The van der Waals surface area contributed by atoms with Crippen LogP contribution in [0, 0.1) is 0 Å². The molecule has 2 saturated heterocycles. The molecule has 2 rings (SSSR count). The lowest BCUT2D eigenvalue weighted by Crippen LogP contribution is -2.57. The normalized spacial score (nSPS) is 25.1. The Balaban J connectivity index is 2.17. The number of carbonyl (C=O) groups excluding carboxylic acids is 2. The maximum Gasteiger partial charge on any atom is 0.327 e. The second-order valence-corrected chi connectivity index (χ2v) is 6.21. The zero-order valence-electron chi connectivity index (χ0n) is 12.8. The first-order chi connectivity index (χ1) is 9.35. The zero-order valence-corrected chi connectivity index (χ0v) is 12.8. The van der Waals surface area contributed by atoms with E-state index in [9.17, 15) is 14.7 Å². The molecule has 2 heterocycles. The molecule has 114 valence electrons. The molecule has 0 aromatic carbocycles. The van der Waals surface area contributed by atoms with E-state index >= 15 is 0 Å². The minimum atomic E-state index is -0.674. The van der Waals surface area contributed by atoms with Crippen LogP contribution < -0.4 is 0 Å². The lowest BCUT2D eigenvalue weighted by atomic mass is 9.85. The number of amides is 3. The van der Waals surface area contributed by atoms with Gasteiger partial charge in [0.15, 0.2) is 0 Å². The lowest BCUT2D eigenvalue weighted by Gasteiger charge is -2.42. The maximum atomic E-state index is 12.7. The molecule has 6 nitrogen and oxygen atoms in total. The molecular formula is C14H25N3O3. The number of nitrogens with zero attached hydrogens (tertiary/aromatic N) is 3. The van der Waals surface area contributed by atoms with Crippen molar-refractivity contribution < 1.29 is 14.7 Å². The van der Waals surface area contributed by atoms with Crippen LogP contribution in [0.4, 0.5) is 4.79 Å². The van der Waals surface area contributed by atoms with E-state index in [1.807, 2.05) is 20.8 Å². The molecule has 0 aliphatic carbocycles. The second kappa shape index (κ2) is 5.33. The van der Waals surface area contributed by atoms with Crippen LogP contribution in [0.3, 0.4) is 0 Å². The van der Waals surface area contributed by atoms with Crippen molar-refractivity contribution in [2.45, 2.75) is 51.2 Å². The van der Waals surface area contributed by atoms with Gasteiger partial charge in [-0.05, 0) is 33.6 Å². The average Bonchev–Trinajstić information content (AvgIpc) is 2.61. The Labute approximate surface area is 120 Å². The Kier molecular flexibility index (Phi) is 4.07. The summed E-state index contributed by atoms with van der Waals surface area (Å²) >= 11 is 0. The second-order valence-electron chi connectivity index (χ2n) is 6.21. The summed E-state index contributed by atoms with van der Waals surface area (Å²) < 4.78 is 0. The number of rotatable bonds is 3. The Morgan fingerprint density at radius 2 is 1.75 bits per heavy atom. The molecule has 1 spiro atoms. The van der Waals surface area contributed by atoms with E-state index in [0.717, 1.165) is 13.1 Å². The molecule has 3 amide bonds. The minimum Gasteiger partial charge on any atom is -0.395 e. The fraction of sp³-hybridized carbons (Fsp3) is 0.857. The van der Waals surface area contributed by atoms with Gasteiger partial charge in [0.05, 0.1) is 6.61 Å². The van der Waals surface area contributed by atoms with Gasteiger partial charge in [-0.2, -0.15) is 0 Å². The third kappa shape index (κ3) is 2.11. The van der Waals surface area contributed by atoms with E-state index in [1.54, 1.807) is 11.9 Å². The lowest BCUT2D eigenvalue weighted by molar-refractivity contribution is -0.136. The molecule has 6 heteroatoms. The zero-order chi connectivity index (χ0) is 15.1. The van der Waals surface area contributed by atoms with Crippen molar-refractivity contribution in [3.63, 3.8) is 0 Å².